The summed E-state index contributed by atoms with van der Waals surface area (Å²) in [6.45, 7) is 9.24. The molecule has 2 aromatic rings. The average Bonchev–Trinajstić information content (AvgIpc) is 2.96. The molecule has 0 unspecified atom stereocenters. The first-order valence-corrected chi connectivity index (χ1v) is 8.66. The number of halogens is 1. The van der Waals surface area contributed by atoms with E-state index in [9.17, 15) is 0 Å². The lowest BCUT2D eigenvalue weighted by atomic mass is 10.1. The van der Waals surface area contributed by atoms with Gasteiger partial charge in [-0.25, -0.2) is 0 Å². The Morgan fingerprint density at radius 1 is 1.24 bits per heavy atom. The predicted octanol–water partition coefficient (Wildman–Crippen LogP) is 4.93. The Morgan fingerprint density at radius 3 is 2.67 bits per heavy atom. The van der Waals surface area contributed by atoms with E-state index in [-0.39, 0.29) is 0 Å². The maximum Gasteiger partial charge on any atom is 0.0525 e. The SMILES string of the molecule is CCNCc1c(Cl)cccc1N(Cc1cccs1)C(C)C. The molecule has 1 N–H and O–H groups in total. The fraction of sp³-hybridized carbons (Fsp3) is 0.412. The van der Waals surface area contributed by atoms with Crippen molar-refractivity contribution in [2.75, 3.05) is 11.4 Å². The van der Waals surface area contributed by atoms with Crippen molar-refractivity contribution in [2.45, 2.75) is 39.9 Å². The van der Waals surface area contributed by atoms with Gasteiger partial charge >= 0.3 is 0 Å². The highest BCUT2D eigenvalue weighted by Gasteiger charge is 2.17. The van der Waals surface area contributed by atoms with Crippen LogP contribution in [0.5, 0.6) is 0 Å². The smallest absolute Gasteiger partial charge is 0.0525 e. The third kappa shape index (κ3) is 4.22. The maximum atomic E-state index is 6.43. The number of hydrogen-bond acceptors (Lipinski definition) is 3. The highest BCUT2D eigenvalue weighted by atomic mass is 35.5. The number of hydrogen-bond donors (Lipinski definition) is 1. The fourth-order valence-corrected chi connectivity index (χ4v) is 3.30. The first kappa shape index (κ1) is 16.3. The molecular formula is C17H23ClN2S. The molecule has 1 aromatic heterocycles. The number of nitrogens with one attached hydrogen (secondary N) is 1. The Kier molecular flexibility index (Phi) is 6.09. The largest absolute Gasteiger partial charge is 0.364 e. The van der Waals surface area contributed by atoms with E-state index in [2.05, 4.69) is 54.6 Å². The molecule has 0 saturated carbocycles. The Balaban J connectivity index is 2.33. The van der Waals surface area contributed by atoms with Crippen LogP contribution in [-0.4, -0.2) is 12.6 Å². The van der Waals surface area contributed by atoms with Gasteiger partial charge in [0.15, 0.2) is 0 Å². The Labute approximate surface area is 136 Å². The van der Waals surface area contributed by atoms with Crippen LogP contribution in [0.2, 0.25) is 5.02 Å². The molecule has 114 valence electrons. The molecule has 4 heteroatoms. The minimum absolute atomic E-state index is 0.422. The van der Waals surface area contributed by atoms with Gasteiger partial charge in [-0.2, -0.15) is 0 Å². The predicted molar refractivity (Wildman–Crippen MR) is 94.5 cm³/mol. The van der Waals surface area contributed by atoms with Gasteiger partial charge in [-0.15, -0.1) is 11.3 Å². The summed E-state index contributed by atoms with van der Waals surface area (Å²) < 4.78 is 0. The molecular weight excluding hydrogens is 300 g/mol. The van der Waals surface area contributed by atoms with Crippen molar-refractivity contribution in [3.05, 3.63) is 51.2 Å². The second-order valence-electron chi connectivity index (χ2n) is 5.32. The van der Waals surface area contributed by atoms with E-state index in [0.29, 0.717) is 6.04 Å². The zero-order valence-electron chi connectivity index (χ0n) is 12.9. The van der Waals surface area contributed by atoms with Crippen LogP contribution in [0.3, 0.4) is 0 Å². The number of anilines is 1. The van der Waals surface area contributed by atoms with Crippen LogP contribution in [-0.2, 0) is 13.1 Å². The highest BCUT2D eigenvalue weighted by molar-refractivity contribution is 7.09. The van der Waals surface area contributed by atoms with Gasteiger partial charge in [0.05, 0.1) is 6.54 Å². The van der Waals surface area contributed by atoms with Gasteiger partial charge in [0.2, 0.25) is 0 Å². The molecule has 0 radical (unpaired) electrons. The average molecular weight is 323 g/mol. The molecule has 0 amide bonds. The molecule has 0 saturated heterocycles. The van der Waals surface area contributed by atoms with Crippen LogP contribution in [0.1, 0.15) is 31.2 Å². The van der Waals surface area contributed by atoms with Crippen LogP contribution in [0.25, 0.3) is 0 Å². The summed E-state index contributed by atoms with van der Waals surface area (Å²) in [5.74, 6) is 0. The summed E-state index contributed by atoms with van der Waals surface area (Å²) in [6, 6.07) is 10.9. The molecule has 0 aliphatic carbocycles. The third-order valence-corrected chi connectivity index (χ3v) is 4.70. The molecule has 2 rings (SSSR count). The van der Waals surface area contributed by atoms with Crippen LogP contribution in [0.15, 0.2) is 35.7 Å². The van der Waals surface area contributed by atoms with Gasteiger partial charge in [-0.05, 0) is 44.0 Å². The molecule has 0 aliphatic rings. The van der Waals surface area contributed by atoms with Crippen LogP contribution in [0, 0.1) is 0 Å². The zero-order chi connectivity index (χ0) is 15.2. The zero-order valence-corrected chi connectivity index (χ0v) is 14.5. The van der Waals surface area contributed by atoms with Crippen molar-refractivity contribution in [1.82, 2.24) is 5.32 Å². The van der Waals surface area contributed by atoms with Crippen LogP contribution in [0.4, 0.5) is 5.69 Å². The van der Waals surface area contributed by atoms with E-state index >= 15 is 0 Å². The van der Waals surface area contributed by atoms with E-state index < -0.39 is 0 Å². The molecule has 0 atom stereocenters. The van der Waals surface area contributed by atoms with Crippen LogP contribution < -0.4 is 10.2 Å². The summed E-state index contributed by atoms with van der Waals surface area (Å²) in [5.41, 5.74) is 2.41. The minimum Gasteiger partial charge on any atom is -0.364 e. The molecule has 0 fully saturated rings. The summed E-state index contributed by atoms with van der Waals surface area (Å²) in [4.78, 5) is 3.79. The normalized spacial score (nSPS) is 11.1. The van der Waals surface area contributed by atoms with E-state index in [4.69, 9.17) is 11.6 Å². The standard InChI is InChI=1S/C17H23ClN2S/c1-4-19-11-15-16(18)8-5-9-17(15)20(13(2)3)12-14-7-6-10-21-14/h5-10,13,19H,4,11-12H2,1-3H3. The van der Waals surface area contributed by atoms with Gasteiger partial charge in [0.1, 0.15) is 0 Å². The van der Waals surface area contributed by atoms with E-state index in [0.717, 1.165) is 24.7 Å². The number of rotatable bonds is 7. The van der Waals surface area contributed by atoms with Crippen molar-refractivity contribution >= 4 is 28.6 Å². The Bertz CT molecular complexity index is 552. The van der Waals surface area contributed by atoms with E-state index in [1.165, 1.54) is 16.1 Å². The quantitative estimate of drug-likeness (QED) is 0.777. The second-order valence-corrected chi connectivity index (χ2v) is 6.76. The lowest BCUT2D eigenvalue weighted by molar-refractivity contribution is 0.671. The molecule has 0 spiro atoms. The number of thiophene rings is 1. The lowest BCUT2D eigenvalue weighted by Gasteiger charge is -2.31. The van der Waals surface area contributed by atoms with Crippen molar-refractivity contribution in [3.8, 4) is 0 Å². The highest BCUT2D eigenvalue weighted by Crippen LogP contribution is 2.30. The minimum atomic E-state index is 0.422. The Morgan fingerprint density at radius 2 is 2.05 bits per heavy atom. The number of benzene rings is 1. The molecule has 0 bridgehead atoms. The lowest BCUT2D eigenvalue weighted by Crippen LogP contribution is -2.31. The third-order valence-electron chi connectivity index (χ3n) is 3.48. The van der Waals surface area contributed by atoms with E-state index in [1.54, 1.807) is 11.3 Å². The molecule has 21 heavy (non-hydrogen) atoms. The van der Waals surface area contributed by atoms with Gasteiger partial charge in [-0.1, -0.05) is 30.7 Å². The second kappa shape index (κ2) is 7.83. The maximum absolute atomic E-state index is 6.43. The van der Waals surface area contributed by atoms with Crippen molar-refractivity contribution in [3.63, 3.8) is 0 Å². The van der Waals surface area contributed by atoms with Crippen molar-refractivity contribution < 1.29 is 0 Å². The molecule has 2 nitrogen and oxygen atoms in total. The molecule has 1 heterocycles. The first-order valence-electron chi connectivity index (χ1n) is 7.40. The summed E-state index contributed by atoms with van der Waals surface area (Å²) >= 11 is 8.23. The van der Waals surface area contributed by atoms with Gasteiger partial charge in [0, 0.05) is 33.7 Å². The van der Waals surface area contributed by atoms with E-state index in [1.807, 2.05) is 12.1 Å². The van der Waals surface area contributed by atoms with Crippen LogP contribution >= 0.6 is 22.9 Å². The van der Waals surface area contributed by atoms with Gasteiger partial charge < -0.3 is 10.2 Å². The first-order chi connectivity index (χ1) is 10.1. The van der Waals surface area contributed by atoms with Crippen molar-refractivity contribution in [1.29, 1.82) is 0 Å². The number of nitrogens with zero attached hydrogens (tertiary/aromatic N) is 1. The summed E-state index contributed by atoms with van der Waals surface area (Å²) in [6.07, 6.45) is 0. The fourth-order valence-electron chi connectivity index (χ4n) is 2.36. The Hall–Kier alpha value is -1.03. The summed E-state index contributed by atoms with van der Waals surface area (Å²) in [5, 5.41) is 6.36. The van der Waals surface area contributed by atoms with Gasteiger partial charge in [-0.3, -0.25) is 0 Å². The molecule has 0 aliphatic heterocycles. The summed E-state index contributed by atoms with van der Waals surface area (Å²) in [7, 11) is 0. The van der Waals surface area contributed by atoms with Crippen molar-refractivity contribution in [2.24, 2.45) is 0 Å². The topological polar surface area (TPSA) is 15.3 Å². The monoisotopic (exact) mass is 322 g/mol. The van der Waals surface area contributed by atoms with Gasteiger partial charge in [0.25, 0.3) is 0 Å². The molecule has 1 aromatic carbocycles.